The Morgan fingerprint density at radius 3 is 2.63 bits per heavy atom. The highest BCUT2D eigenvalue weighted by atomic mass is 79.9. The van der Waals surface area contributed by atoms with E-state index in [1.54, 1.807) is 12.1 Å². The summed E-state index contributed by atoms with van der Waals surface area (Å²) < 4.78 is 0.877. The van der Waals surface area contributed by atoms with Crippen molar-refractivity contribution in [1.82, 2.24) is 5.32 Å². The van der Waals surface area contributed by atoms with Crippen molar-refractivity contribution in [3.05, 3.63) is 33.3 Å². The summed E-state index contributed by atoms with van der Waals surface area (Å²) in [6.45, 7) is 0.712. The lowest BCUT2D eigenvalue weighted by molar-refractivity contribution is 0.0935. The molecule has 1 aromatic rings. The van der Waals surface area contributed by atoms with Gasteiger partial charge in [0.15, 0.2) is 0 Å². The molecule has 1 amide bonds. The third kappa shape index (κ3) is 3.73. The van der Waals surface area contributed by atoms with Gasteiger partial charge in [-0.1, -0.05) is 56.3 Å². The van der Waals surface area contributed by atoms with Crippen molar-refractivity contribution in [3.8, 4) is 0 Å². The smallest absolute Gasteiger partial charge is 0.252 e. The number of carbonyl (C=O) groups excluding carboxylic acids is 1. The molecule has 1 aliphatic rings. The molecule has 0 saturated heterocycles. The number of hydrogen-bond acceptors (Lipinski definition) is 1. The molecule has 0 aliphatic heterocycles. The maximum absolute atomic E-state index is 12.2. The van der Waals surface area contributed by atoms with Gasteiger partial charge < -0.3 is 5.32 Å². The second-order valence-electron chi connectivity index (χ2n) is 5.15. The molecular weight excluding hydrogens is 393 g/mol. The Morgan fingerprint density at radius 1 is 1.37 bits per heavy atom. The minimum Gasteiger partial charge on any atom is -0.351 e. The van der Waals surface area contributed by atoms with Crippen LogP contribution in [0.2, 0.25) is 5.02 Å². The summed E-state index contributed by atoms with van der Waals surface area (Å²) in [5.41, 5.74) is 0.755. The molecule has 1 aliphatic carbocycles. The number of halogens is 3. The van der Waals surface area contributed by atoms with Crippen LogP contribution in [0.25, 0.3) is 0 Å². The van der Waals surface area contributed by atoms with Crippen LogP contribution in [-0.2, 0) is 0 Å². The predicted octanol–water partition coefficient (Wildman–Crippen LogP) is 4.79. The van der Waals surface area contributed by atoms with Crippen LogP contribution < -0.4 is 5.32 Å². The molecule has 1 aromatic carbocycles. The summed E-state index contributed by atoms with van der Waals surface area (Å²) in [4.78, 5) is 12.2. The van der Waals surface area contributed by atoms with Gasteiger partial charge in [-0.25, -0.2) is 0 Å². The molecule has 0 atom stereocenters. The topological polar surface area (TPSA) is 29.1 Å². The lowest BCUT2D eigenvalue weighted by atomic mass is 9.89. The summed E-state index contributed by atoms with van der Waals surface area (Å²) in [7, 11) is 0. The SMILES string of the molecule is O=C(NCC1(CBr)CCCC1)c1ccc(Br)cc1Cl. The Labute approximate surface area is 135 Å². The fraction of sp³-hybridized carbons (Fsp3) is 0.500. The second-order valence-corrected chi connectivity index (χ2v) is 7.03. The van der Waals surface area contributed by atoms with Crippen LogP contribution in [-0.4, -0.2) is 17.8 Å². The van der Waals surface area contributed by atoms with Gasteiger partial charge in [-0.2, -0.15) is 0 Å². The first-order valence-electron chi connectivity index (χ1n) is 6.36. The Bertz CT molecular complexity index is 473. The fourth-order valence-corrected chi connectivity index (χ4v) is 4.04. The molecule has 104 valence electrons. The van der Waals surface area contributed by atoms with Crippen molar-refractivity contribution in [2.45, 2.75) is 25.7 Å². The molecule has 0 radical (unpaired) electrons. The third-order valence-electron chi connectivity index (χ3n) is 3.75. The normalized spacial score (nSPS) is 17.4. The van der Waals surface area contributed by atoms with Gasteiger partial charge in [-0.15, -0.1) is 0 Å². The molecule has 1 N–H and O–H groups in total. The maximum Gasteiger partial charge on any atom is 0.252 e. The molecular formula is C14H16Br2ClNO. The Morgan fingerprint density at radius 2 is 2.05 bits per heavy atom. The van der Waals surface area contributed by atoms with Crippen molar-refractivity contribution < 1.29 is 4.79 Å². The van der Waals surface area contributed by atoms with Gasteiger partial charge in [0.25, 0.3) is 5.91 Å². The zero-order chi connectivity index (χ0) is 13.9. The molecule has 0 heterocycles. The van der Waals surface area contributed by atoms with E-state index in [4.69, 9.17) is 11.6 Å². The minimum absolute atomic E-state index is 0.0928. The van der Waals surface area contributed by atoms with Crippen LogP contribution in [0.4, 0.5) is 0 Å². The van der Waals surface area contributed by atoms with Crippen LogP contribution in [0, 0.1) is 5.41 Å². The van der Waals surface area contributed by atoms with Gasteiger partial charge in [0.2, 0.25) is 0 Å². The molecule has 0 aromatic heterocycles. The first-order chi connectivity index (χ1) is 9.06. The van der Waals surface area contributed by atoms with Gasteiger partial charge >= 0.3 is 0 Å². The molecule has 2 rings (SSSR count). The Balaban J connectivity index is 2.01. The van der Waals surface area contributed by atoms with E-state index in [-0.39, 0.29) is 11.3 Å². The maximum atomic E-state index is 12.2. The van der Waals surface area contributed by atoms with E-state index >= 15 is 0 Å². The summed E-state index contributed by atoms with van der Waals surface area (Å²) in [6.07, 6.45) is 4.85. The number of hydrogen-bond donors (Lipinski definition) is 1. The zero-order valence-electron chi connectivity index (χ0n) is 10.5. The van der Waals surface area contributed by atoms with E-state index in [1.807, 2.05) is 6.07 Å². The van der Waals surface area contributed by atoms with Gasteiger partial charge in [0, 0.05) is 16.3 Å². The van der Waals surface area contributed by atoms with Gasteiger partial charge in [0.05, 0.1) is 10.6 Å². The van der Waals surface area contributed by atoms with Crippen LogP contribution in [0.5, 0.6) is 0 Å². The van der Waals surface area contributed by atoms with Gasteiger partial charge in [-0.3, -0.25) is 4.79 Å². The van der Waals surface area contributed by atoms with Crippen molar-refractivity contribution in [2.75, 3.05) is 11.9 Å². The molecule has 1 fully saturated rings. The lowest BCUT2D eigenvalue weighted by Gasteiger charge is -2.26. The number of carbonyl (C=O) groups is 1. The quantitative estimate of drug-likeness (QED) is 0.712. The summed E-state index contributed by atoms with van der Waals surface area (Å²) in [5, 5.41) is 4.44. The van der Waals surface area contributed by atoms with E-state index in [1.165, 1.54) is 25.7 Å². The average molecular weight is 410 g/mol. The Kier molecular flexibility index (Phi) is 5.32. The first-order valence-corrected chi connectivity index (χ1v) is 8.65. The summed E-state index contributed by atoms with van der Waals surface area (Å²) in [5.74, 6) is -0.0928. The van der Waals surface area contributed by atoms with Crippen LogP contribution in [0.15, 0.2) is 22.7 Å². The van der Waals surface area contributed by atoms with E-state index in [2.05, 4.69) is 37.2 Å². The van der Waals surface area contributed by atoms with E-state index in [0.717, 1.165) is 9.80 Å². The van der Waals surface area contributed by atoms with E-state index < -0.39 is 0 Å². The van der Waals surface area contributed by atoms with E-state index in [9.17, 15) is 4.79 Å². The predicted molar refractivity (Wildman–Crippen MR) is 86.2 cm³/mol. The van der Waals surface area contributed by atoms with Gasteiger partial charge in [-0.05, 0) is 36.5 Å². The highest BCUT2D eigenvalue weighted by Gasteiger charge is 2.33. The van der Waals surface area contributed by atoms with Gasteiger partial charge in [0.1, 0.15) is 0 Å². The largest absolute Gasteiger partial charge is 0.351 e. The number of benzene rings is 1. The number of rotatable bonds is 4. The van der Waals surface area contributed by atoms with Crippen molar-refractivity contribution in [2.24, 2.45) is 5.41 Å². The fourth-order valence-electron chi connectivity index (χ4n) is 2.52. The lowest BCUT2D eigenvalue weighted by Crippen LogP contribution is -2.37. The monoisotopic (exact) mass is 407 g/mol. The standard InChI is InChI=1S/C14H16Br2ClNO/c15-8-14(5-1-2-6-14)9-18-13(19)11-4-3-10(16)7-12(11)17/h3-4,7H,1-2,5-6,8-9H2,(H,18,19). The minimum atomic E-state index is -0.0928. The highest BCUT2D eigenvalue weighted by molar-refractivity contribution is 9.10. The summed E-state index contributed by atoms with van der Waals surface area (Å²) in [6, 6.07) is 5.32. The second kappa shape index (κ2) is 6.59. The molecule has 0 spiro atoms. The van der Waals surface area contributed by atoms with Crippen molar-refractivity contribution >= 4 is 49.4 Å². The molecule has 1 saturated carbocycles. The van der Waals surface area contributed by atoms with Crippen LogP contribution >= 0.6 is 43.5 Å². The van der Waals surface area contributed by atoms with Crippen molar-refractivity contribution in [1.29, 1.82) is 0 Å². The number of alkyl halides is 1. The van der Waals surface area contributed by atoms with Crippen molar-refractivity contribution in [3.63, 3.8) is 0 Å². The average Bonchev–Trinajstić information content (AvgIpc) is 2.85. The molecule has 19 heavy (non-hydrogen) atoms. The first kappa shape index (κ1) is 15.3. The number of amides is 1. The summed E-state index contributed by atoms with van der Waals surface area (Å²) >= 11 is 13.0. The molecule has 0 unspecified atom stereocenters. The Hall–Kier alpha value is -0.0600. The van der Waals surface area contributed by atoms with Crippen LogP contribution in [0.1, 0.15) is 36.0 Å². The molecule has 2 nitrogen and oxygen atoms in total. The number of nitrogens with one attached hydrogen (secondary N) is 1. The third-order valence-corrected chi connectivity index (χ3v) is 5.74. The molecule has 5 heteroatoms. The van der Waals surface area contributed by atoms with Crippen LogP contribution in [0.3, 0.4) is 0 Å². The zero-order valence-corrected chi connectivity index (χ0v) is 14.4. The molecule has 0 bridgehead atoms. The highest BCUT2D eigenvalue weighted by Crippen LogP contribution is 2.39. The van der Waals surface area contributed by atoms with E-state index in [0.29, 0.717) is 17.1 Å².